The molecule has 114 valence electrons. The predicted molar refractivity (Wildman–Crippen MR) is 88.4 cm³/mol. The van der Waals surface area contributed by atoms with Crippen LogP contribution in [-0.4, -0.2) is 33.8 Å². The maximum Gasteiger partial charge on any atom is 0.269 e. The van der Waals surface area contributed by atoms with Crippen LogP contribution in [0.2, 0.25) is 0 Å². The second kappa shape index (κ2) is 6.47. The average Bonchev–Trinajstić information content (AvgIpc) is 2.73. The van der Waals surface area contributed by atoms with Gasteiger partial charge in [0.05, 0.1) is 10.6 Å². The van der Waals surface area contributed by atoms with Crippen LogP contribution < -0.4 is 0 Å². The van der Waals surface area contributed by atoms with Crippen molar-refractivity contribution in [3.8, 4) is 0 Å². The van der Waals surface area contributed by atoms with Crippen molar-refractivity contribution in [1.82, 2.24) is 4.90 Å². The monoisotopic (exact) mass is 307 g/mol. The molecule has 0 radical (unpaired) electrons. The molecule has 2 rings (SSSR count). The third kappa shape index (κ3) is 3.75. The third-order valence-corrected chi connectivity index (χ3v) is 4.79. The van der Waals surface area contributed by atoms with Gasteiger partial charge in [-0.1, -0.05) is 25.6 Å². The molecule has 1 atom stereocenters. The quantitative estimate of drug-likeness (QED) is 0.623. The molecule has 0 spiro atoms. The molecule has 1 saturated heterocycles. The average molecular weight is 307 g/mol. The molecule has 0 saturated carbocycles. The van der Waals surface area contributed by atoms with Crippen LogP contribution in [0.3, 0.4) is 0 Å². The molecule has 0 N–H and O–H groups in total. The highest BCUT2D eigenvalue weighted by Crippen LogP contribution is 2.31. The molecule has 1 fully saturated rings. The van der Waals surface area contributed by atoms with Gasteiger partial charge in [-0.25, -0.2) is 4.99 Å². The van der Waals surface area contributed by atoms with Crippen LogP contribution in [0.25, 0.3) is 0 Å². The number of nitro groups is 1. The van der Waals surface area contributed by atoms with E-state index in [-0.39, 0.29) is 10.6 Å². The zero-order valence-electron chi connectivity index (χ0n) is 12.9. The topological polar surface area (TPSA) is 58.7 Å². The van der Waals surface area contributed by atoms with Gasteiger partial charge in [-0.2, -0.15) is 0 Å². The van der Waals surface area contributed by atoms with Gasteiger partial charge in [-0.15, -0.1) is 0 Å². The van der Waals surface area contributed by atoms with E-state index in [1.807, 2.05) is 6.92 Å². The molecule has 1 aromatic rings. The summed E-state index contributed by atoms with van der Waals surface area (Å²) in [5, 5.41) is 11.8. The second-order valence-electron chi connectivity index (χ2n) is 5.83. The fraction of sp³-hybridized carbons (Fsp3) is 0.533. The van der Waals surface area contributed by atoms with Crippen molar-refractivity contribution in [2.45, 2.75) is 33.2 Å². The SMILES string of the molecule is Cc1cc([N+](=O)[O-])ccc1N=C1SC[C@@H](CC(C)C)N1C. The summed E-state index contributed by atoms with van der Waals surface area (Å²) in [4.78, 5) is 17.3. The Hall–Kier alpha value is -1.56. The molecule has 1 heterocycles. The molecule has 0 aliphatic carbocycles. The van der Waals surface area contributed by atoms with Crippen molar-refractivity contribution >= 4 is 28.3 Å². The number of nitro benzene ring substituents is 1. The number of hydrogen-bond acceptors (Lipinski definition) is 4. The van der Waals surface area contributed by atoms with Gasteiger partial charge >= 0.3 is 0 Å². The van der Waals surface area contributed by atoms with Gasteiger partial charge in [0.1, 0.15) is 0 Å². The summed E-state index contributed by atoms with van der Waals surface area (Å²) >= 11 is 1.76. The first-order valence-electron chi connectivity index (χ1n) is 7.08. The number of amidine groups is 1. The maximum atomic E-state index is 10.8. The molecule has 1 aromatic carbocycles. The summed E-state index contributed by atoms with van der Waals surface area (Å²) < 4.78 is 0. The Morgan fingerprint density at radius 3 is 2.81 bits per heavy atom. The molecule has 21 heavy (non-hydrogen) atoms. The van der Waals surface area contributed by atoms with Crippen LogP contribution in [0.1, 0.15) is 25.8 Å². The fourth-order valence-electron chi connectivity index (χ4n) is 2.40. The van der Waals surface area contributed by atoms with Crippen molar-refractivity contribution in [3.05, 3.63) is 33.9 Å². The highest BCUT2D eigenvalue weighted by molar-refractivity contribution is 8.14. The van der Waals surface area contributed by atoms with E-state index in [1.165, 1.54) is 6.07 Å². The first-order valence-corrected chi connectivity index (χ1v) is 8.06. The Labute approximate surface area is 129 Å². The van der Waals surface area contributed by atoms with Crippen molar-refractivity contribution in [3.63, 3.8) is 0 Å². The lowest BCUT2D eigenvalue weighted by Crippen LogP contribution is -2.30. The normalized spacial score (nSPS) is 20.5. The Bertz CT molecular complexity index is 572. The number of aliphatic imine (C=N–C) groups is 1. The highest BCUT2D eigenvalue weighted by atomic mass is 32.2. The molecule has 1 aliphatic rings. The molecule has 1 aliphatic heterocycles. The molecule has 0 unspecified atom stereocenters. The van der Waals surface area contributed by atoms with Crippen molar-refractivity contribution < 1.29 is 4.92 Å². The van der Waals surface area contributed by atoms with E-state index in [2.05, 4.69) is 30.8 Å². The van der Waals surface area contributed by atoms with Gasteiger partial charge in [0.15, 0.2) is 5.17 Å². The lowest BCUT2D eigenvalue weighted by molar-refractivity contribution is -0.384. The van der Waals surface area contributed by atoms with Crippen LogP contribution in [-0.2, 0) is 0 Å². The summed E-state index contributed by atoms with van der Waals surface area (Å²) in [5.74, 6) is 1.72. The third-order valence-electron chi connectivity index (χ3n) is 3.61. The van der Waals surface area contributed by atoms with E-state index < -0.39 is 0 Å². The van der Waals surface area contributed by atoms with Crippen LogP contribution in [0.4, 0.5) is 11.4 Å². The molecule has 0 bridgehead atoms. The van der Waals surface area contributed by atoms with Crippen LogP contribution >= 0.6 is 11.8 Å². The minimum absolute atomic E-state index is 0.113. The van der Waals surface area contributed by atoms with Gasteiger partial charge in [0, 0.05) is 31.0 Å². The molecule has 0 amide bonds. The lowest BCUT2D eigenvalue weighted by atomic mass is 10.0. The second-order valence-corrected chi connectivity index (χ2v) is 6.81. The minimum Gasteiger partial charge on any atom is -0.350 e. The fourth-order valence-corrected chi connectivity index (χ4v) is 3.62. The molecule has 6 heteroatoms. The van der Waals surface area contributed by atoms with Crippen LogP contribution in [0, 0.1) is 23.0 Å². The van der Waals surface area contributed by atoms with Gasteiger partial charge in [-0.05, 0) is 30.9 Å². The molecule has 5 nitrogen and oxygen atoms in total. The van der Waals surface area contributed by atoms with Gasteiger partial charge in [-0.3, -0.25) is 10.1 Å². The number of non-ortho nitro benzene ring substituents is 1. The summed E-state index contributed by atoms with van der Waals surface area (Å²) in [6.07, 6.45) is 1.15. The van der Waals surface area contributed by atoms with Gasteiger partial charge in [0.2, 0.25) is 0 Å². The van der Waals surface area contributed by atoms with E-state index in [9.17, 15) is 10.1 Å². The van der Waals surface area contributed by atoms with E-state index in [1.54, 1.807) is 23.9 Å². The van der Waals surface area contributed by atoms with E-state index >= 15 is 0 Å². The number of nitrogens with zero attached hydrogens (tertiary/aromatic N) is 3. The van der Waals surface area contributed by atoms with Crippen LogP contribution in [0.15, 0.2) is 23.2 Å². The largest absolute Gasteiger partial charge is 0.350 e. The minimum atomic E-state index is -0.376. The maximum absolute atomic E-state index is 10.8. The smallest absolute Gasteiger partial charge is 0.269 e. The Kier molecular flexibility index (Phi) is 4.88. The van der Waals surface area contributed by atoms with Crippen molar-refractivity contribution in [2.75, 3.05) is 12.8 Å². The molecular formula is C15H21N3O2S. The Balaban J connectivity index is 2.19. The first-order chi connectivity index (χ1) is 9.88. The summed E-state index contributed by atoms with van der Waals surface area (Å²) in [5.41, 5.74) is 1.75. The summed E-state index contributed by atoms with van der Waals surface area (Å²) in [6, 6.07) is 5.33. The number of thioether (sulfide) groups is 1. The standard InChI is InChI=1S/C15H21N3O2S/c1-10(2)7-13-9-21-15(17(13)4)16-14-6-5-12(18(19)20)8-11(14)3/h5-6,8,10,13H,7,9H2,1-4H3/t13-/m1/s1. The van der Waals surface area contributed by atoms with Crippen molar-refractivity contribution in [2.24, 2.45) is 10.9 Å². The number of hydrogen-bond donors (Lipinski definition) is 0. The number of aryl methyl sites for hydroxylation is 1. The first kappa shape index (κ1) is 15.8. The summed E-state index contributed by atoms with van der Waals surface area (Å²) in [7, 11) is 2.08. The van der Waals surface area contributed by atoms with E-state index in [0.29, 0.717) is 12.0 Å². The Morgan fingerprint density at radius 1 is 1.52 bits per heavy atom. The van der Waals surface area contributed by atoms with E-state index in [0.717, 1.165) is 28.6 Å². The van der Waals surface area contributed by atoms with Crippen LogP contribution in [0.5, 0.6) is 0 Å². The van der Waals surface area contributed by atoms with E-state index in [4.69, 9.17) is 0 Å². The zero-order chi connectivity index (χ0) is 15.6. The van der Waals surface area contributed by atoms with Crippen molar-refractivity contribution in [1.29, 1.82) is 0 Å². The highest BCUT2D eigenvalue weighted by Gasteiger charge is 2.27. The number of rotatable bonds is 4. The number of benzene rings is 1. The Morgan fingerprint density at radius 2 is 2.24 bits per heavy atom. The lowest BCUT2D eigenvalue weighted by Gasteiger charge is -2.22. The predicted octanol–water partition coefficient (Wildman–Crippen LogP) is 3.98. The zero-order valence-corrected chi connectivity index (χ0v) is 13.7. The van der Waals surface area contributed by atoms with Gasteiger partial charge in [0.25, 0.3) is 5.69 Å². The molecule has 0 aromatic heterocycles. The summed E-state index contributed by atoms with van der Waals surface area (Å²) in [6.45, 7) is 6.32. The van der Waals surface area contributed by atoms with Gasteiger partial charge < -0.3 is 4.90 Å². The molecular weight excluding hydrogens is 286 g/mol.